The minimum atomic E-state index is -0.683. The summed E-state index contributed by atoms with van der Waals surface area (Å²) < 4.78 is 10.3. The van der Waals surface area contributed by atoms with Gasteiger partial charge in [-0.3, -0.25) is 19.3 Å². The van der Waals surface area contributed by atoms with E-state index in [1.807, 2.05) is 6.92 Å². The first-order chi connectivity index (χ1) is 12.1. The lowest BCUT2D eigenvalue weighted by atomic mass is 10.1. The highest BCUT2D eigenvalue weighted by Crippen LogP contribution is 2.10. The van der Waals surface area contributed by atoms with E-state index < -0.39 is 12.0 Å². The maximum absolute atomic E-state index is 12.1. The number of unbranched alkanes of at least 4 members (excludes halogenated alkanes) is 1. The molecular weight excluding hydrogens is 326 g/mol. The maximum Gasteiger partial charge on any atom is 0.307 e. The van der Waals surface area contributed by atoms with E-state index in [9.17, 15) is 14.4 Å². The molecule has 0 aromatic carbocycles. The Morgan fingerprint density at radius 2 is 2.32 bits per heavy atom. The Bertz CT molecular complexity index is 573. The number of carbonyl (C=O) groups is 3. The topological polar surface area (TPSA) is 101 Å². The fourth-order valence-corrected chi connectivity index (χ4v) is 2.56. The number of carbonyl (C=O) groups excluding carboxylic acids is 3. The minimum absolute atomic E-state index is 0.0427. The van der Waals surface area contributed by atoms with Crippen LogP contribution >= 0.6 is 0 Å². The molecule has 0 spiro atoms. The molecule has 1 aliphatic rings. The summed E-state index contributed by atoms with van der Waals surface area (Å²) in [6, 6.07) is 2.83. The van der Waals surface area contributed by atoms with Crippen molar-refractivity contribution in [3.05, 3.63) is 24.2 Å². The van der Waals surface area contributed by atoms with Crippen LogP contribution in [0.4, 0.5) is 0 Å². The van der Waals surface area contributed by atoms with Crippen LogP contribution in [0.5, 0.6) is 0 Å². The van der Waals surface area contributed by atoms with Crippen molar-refractivity contribution in [1.82, 2.24) is 15.5 Å². The number of piperazine rings is 1. The van der Waals surface area contributed by atoms with Crippen molar-refractivity contribution in [1.29, 1.82) is 0 Å². The van der Waals surface area contributed by atoms with Gasteiger partial charge in [0.15, 0.2) is 0 Å². The van der Waals surface area contributed by atoms with E-state index in [2.05, 4.69) is 10.6 Å². The lowest BCUT2D eigenvalue weighted by molar-refractivity contribution is -0.149. The van der Waals surface area contributed by atoms with E-state index in [1.165, 1.54) is 6.26 Å². The van der Waals surface area contributed by atoms with Crippen molar-refractivity contribution in [2.24, 2.45) is 0 Å². The molecule has 25 heavy (non-hydrogen) atoms. The summed E-state index contributed by atoms with van der Waals surface area (Å²) in [7, 11) is 0. The first-order valence-corrected chi connectivity index (χ1v) is 8.56. The molecule has 2 N–H and O–H groups in total. The Morgan fingerprint density at radius 1 is 1.48 bits per heavy atom. The fraction of sp³-hybridized carbons (Fsp3) is 0.588. The lowest BCUT2D eigenvalue weighted by Gasteiger charge is -2.33. The first-order valence-electron chi connectivity index (χ1n) is 8.56. The molecule has 1 atom stereocenters. The van der Waals surface area contributed by atoms with Gasteiger partial charge in [0.05, 0.1) is 32.4 Å². The molecule has 8 heteroatoms. The summed E-state index contributed by atoms with van der Waals surface area (Å²) in [4.78, 5) is 37.8. The van der Waals surface area contributed by atoms with Crippen LogP contribution in [0.1, 0.15) is 31.9 Å². The molecule has 0 bridgehead atoms. The van der Waals surface area contributed by atoms with Crippen molar-refractivity contribution in [2.75, 3.05) is 26.2 Å². The summed E-state index contributed by atoms with van der Waals surface area (Å²) >= 11 is 0. The van der Waals surface area contributed by atoms with E-state index >= 15 is 0 Å². The number of hydrogen-bond acceptors (Lipinski definition) is 6. The summed E-state index contributed by atoms with van der Waals surface area (Å²) in [5.41, 5.74) is 0. The molecule has 2 rings (SSSR count). The van der Waals surface area contributed by atoms with E-state index in [-0.39, 0.29) is 31.3 Å². The zero-order chi connectivity index (χ0) is 18.1. The highest BCUT2D eigenvalue weighted by Gasteiger charge is 2.33. The molecule has 1 unspecified atom stereocenters. The molecule has 1 aliphatic heterocycles. The minimum Gasteiger partial charge on any atom is -0.467 e. The number of nitrogens with zero attached hydrogens (tertiary/aromatic N) is 1. The molecule has 0 aliphatic carbocycles. The van der Waals surface area contributed by atoms with Crippen LogP contribution in [0.25, 0.3) is 0 Å². The monoisotopic (exact) mass is 351 g/mol. The molecule has 1 aromatic heterocycles. The second-order valence-electron chi connectivity index (χ2n) is 5.91. The Labute approximate surface area is 146 Å². The molecule has 0 radical (unpaired) electrons. The zero-order valence-electron chi connectivity index (χ0n) is 14.5. The van der Waals surface area contributed by atoms with Gasteiger partial charge in [-0.25, -0.2) is 0 Å². The van der Waals surface area contributed by atoms with Crippen molar-refractivity contribution < 1.29 is 23.5 Å². The summed E-state index contributed by atoms with van der Waals surface area (Å²) in [6.07, 6.45) is 3.21. The molecule has 1 fully saturated rings. The molecule has 1 aromatic rings. The third kappa shape index (κ3) is 6.22. The molecule has 138 valence electrons. The van der Waals surface area contributed by atoms with E-state index in [1.54, 1.807) is 17.0 Å². The summed E-state index contributed by atoms with van der Waals surface area (Å²) in [5.74, 6) is -0.245. The van der Waals surface area contributed by atoms with Crippen LogP contribution in [0, 0.1) is 0 Å². The molecule has 1 saturated heterocycles. The van der Waals surface area contributed by atoms with Crippen LogP contribution in [0.3, 0.4) is 0 Å². The van der Waals surface area contributed by atoms with E-state index in [4.69, 9.17) is 9.15 Å². The fourth-order valence-electron chi connectivity index (χ4n) is 2.56. The Balaban J connectivity index is 1.83. The second kappa shape index (κ2) is 9.83. The van der Waals surface area contributed by atoms with Gasteiger partial charge in [0.1, 0.15) is 11.8 Å². The normalized spacial score (nSPS) is 17.8. The maximum atomic E-state index is 12.1. The highest BCUT2D eigenvalue weighted by atomic mass is 16.5. The van der Waals surface area contributed by atoms with Crippen molar-refractivity contribution in [3.63, 3.8) is 0 Å². The Kier molecular flexibility index (Phi) is 7.46. The summed E-state index contributed by atoms with van der Waals surface area (Å²) in [5, 5.41) is 5.47. The van der Waals surface area contributed by atoms with Gasteiger partial charge in [-0.1, -0.05) is 13.3 Å². The van der Waals surface area contributed by atoms with Gasteiger partial charge >= 0.3 is 5.97 Å². The third-order valence-corrected chi connectivity index (χ3v) is 3.95. The van der Waals surface area contributed by atoms with E-state index in [0.717, 1.165) is 12.8 Å². The van der Waals surface area contributed by atoms with Crippen LogP contribution < -0.4 is 10.6 Å². The van der Waals surface area contributed by atoms with Gasteiger partial charge in [0.2, 0.25) is 11.8 Å². The quantitative estimate of drug-likeness (QED) is 0.494. The van der Waals surface area contributed by atoms with Gasteiger partial charge in [-0.2, -0.15) is 0 Å². The SMILES string of the molecule is CCCCOC(=O)CC1C(=O)NCCN1CC(=O)NCc1ccco1. The number of furan rings is 1. The van der Waals surface area contributed by atoms with Crippen molar-refractivity contribution in [2.45, 2.75) is 38.8 Å². The van der Waals surface area contributed by atoms with Gasteiger partial charge in [0, 0.05) is 13.1 Å². The van der Waals surface area contributed by atoms with Crippen LogP contribution in [-0.4, -0.2) is 55.0 Å². The predicted molar refractivity (Wildman–Crippen MR) is 89.4 cm³/mol. The zero-order valence-corrected chi connectivity index (χ0v) is 14.5. The number of ether oxygens (including phenoxy) is 1. The lowest BCUT2D eigenvalue weighted by Crippen LogP contribution is -2.57. The van der Waals surface area contributed by atoms with Gasteiger partial charge in [-0.15, -0.1) is 0 Å². The standard InChI is InChI=1S/C17H25N3O5/c1-2-3-8-25-16(22)10-14-17(23)18-6-7-20(14)12-15(21)19-11-13-5-4-9-24-13/h4-5,9,14H,2-3,6-8,10-12H2,1H3,(H,18,23)(H,19,21). The average Bonchev–Trinajstić information content (AvgIpc) is 3.10. The van der Waals surface area contributed by atoms with E-state index in [0.29, 0.717) is 25.5 Å². The molecule has 8 nitrogen and oxygen atoms in total. The predicted octanol–water partition coefficient (Wildman–Crippen LogP) is 0.430. The Hall–Kier alpha value is -2.35. The van der Waals surface area contributed by atoms with Gasteiger partial charge in [0.25, 0.3) is 0 Å². The van der Waals surface area contributed by atoms with Crippen molar-refractivity contribution in [3.8, 4) is 0 Å². The number of esters is 1. The second-order valence-corrected chi connectivity index (χ2v) is 5.91. The number of amides is 2. The van der Waals surface area contributed by atoms with Crippen LogP contribution in [0.2, 0.25) is 0 Å². The smallest absolute Gasteiger partial charge is 0.307 e. The number of hydrogen-bond donors (Lipinski definition) is 2. The van der Waals surface area contributed by atoms with Gasteiger partial charge in [-0.05, 0) is 18.6 Å². The van der Waals surface area contributed by atoms with Crippen LogP contribution in [0.15, 0.2) is 22.8 Å². The number of rotatable bonds is 9. The van der Waals surface area contributed by atoms with Crippen LogP contribution in [-0.2, 0) is 25.7 Å². The highest BCUT2D eigenvalue weighted by molar-refractivity contribution is 5.88. The first kappa shape index (κ1) is 19.0. The molecular formula is C17H25N3O5. The van der Waals surface area contributed by atoms with Crippen molar-refractivity contribution >= 4 is 17.8 Å². The number of nitrogens with one attached hydrogen (secondary N) is 2. The molecule has 2 amide bonds. The average molecular weight is 351 g/mol. The molecule has 0 saturated carbocycles. The Morgan fingerprint density at radius 3 is 3.04 bits per heavy atom. The third-order valence-electron chi connectivity index (χ3n) is 3.95. The van der Waals surface area contributed by atoms with Gasteiger partial charge < -0.3 is 19.8 Å². The summed E-state index contributed by atoms with van der Waals surface area (Å²) in [6.45, 7) is 3.65. The largest absolute Gasteiger partial charge is 0.467 e. The molecule has 2 heterocycles.